The monoisotopic (exact) mass is 291 g/mol. The van der Waals surface area contributed by atoms with Gasteiger partial charge in [-0.3, -0.25) is 9.67 Å². The Labute approximate surface area is 128 Å². The van der Waals surface area contributed by atoms with Gasteiger partial charge in [-0.25, -0.2) is 0 Å². The van der Waals surface area contributed by atoms with E-state index in [2.05, 4.69) is 45.3 Å². The SMILES string of the molecule is CCCC1CC1NC(=NC)NCCCn1nc(C)cc1C. The first-order valence-electron chi connectivity index (χ1n) is 8.12. The summed E-state index contributed by atoms with van der Waals surface area (Å²) in [4.78, 5) is 4.30. The highest BCUT2D eigenvalue weighted by molar-refractivity contribution is 5.80. The number of nitrogens with one attached hydrogen (secondary N) is 2. The summed E-state index contributed by atoms with van der Waals surface area (Å²) in [7, 11) is 1.84. The van der Waals surface area contributed by atoms with Crippen LogP contribution in [0.1, 0.15) is 44.0 Å². The molecule has 2 N–H and O–H groups in total. The summed E-state index contributed by atoms with van der Waals surface area (Å²) in [6.45, 7) is 8.26. The Bertz CT molecular complexity index is 477. The molecule has 1 aliphatic rings. The van der Waals surface area contributed by atoms with Crippen LogP contribution in [0.15, 0.2) is 11.1 Å². The number of aryl methyl sites for hydroxylation is 3. The fourth-order valence-electron chi connectivity index (χ4n) is 2.82. The standard InChI is InChI=1S/C16H29N5/c1-5-7-14-11-15(14)19-16(17-4)18-8-6-9-21-13(3)10-12(2)20-21/h10,14-15H,5-9,11H2,1-4H3,(H2,17,18,19). The molecule has 5 heteroatoms. The first-order chi connectivity index (χ1) is 10.1. The maximum Gasteiger partial charge on any atom is 0.191 e. The molecule has 2 rings (SSSR count). The summed E-state index contributed by atoms with van der Waals surface area (Å²) in [6, 6.07) is 2.75. The quantitative estimate of drug-likeness (QED) is 0.460. The first kappa shape index (κ1) is 15.9. The van der Waals surface area contributed by atoms with Gasteiger partial charge in [0.2, 0.25) is 0 Å². The van der Waals surface area contributed by atoms with E-state index in [-0.39, 0.29) is 0 Å². The van der Waals surface area contributed by atoms with Crippen LogP contribution in [0.2, 0.25) is 0 Å². The van der Waals surface area contributed by atoms with Crippen molar-refractivity contribution in [3.05, 3.63) is 17.5 Å². The lowest BCUT2D eigenvalue weighted by atomic mass is 10.2. The van der Waals surface area contributed by atoms with Crippen molar-refractivity contribution in [2.24, 2.45) is 10.9 Å². The molecule has 0 bridgehead atoms. The van der Waals surface area contributed by atoms with Crippen molar-refractivity contribution >= 4 is 5.96 Å². The minimum Gasteiger partial charge on any atom is -0.356 e. The predicted molar refractivity (Wildman–Crippen MR) is 87.6 cm³/mol. The normalized spacial score (nSPS) is 21.4. The molecule has 1 aromatic rings. The van der Waals surface area contributed by atoms with Crippen molar-refractivity contribution in [1.82, 2.24) is 20.4 Å². The molecule has 0 saturated heterocycles. The van der Waals surface area contributed by atoms with Crippen LogP contribution in [0.25, 0.3) is 0 Å². The Balaban J connectivity index is 1.64. The van der Waals surface area contributed by atoms with Crippen LogP contribution in [0.3, 0.4) is 0 Å². The van der Waals surface area contributed by atoms with E-state index < -0.39 is 0 Å². The van der Waals surface area contributed by atoms with E-state index in [1.165, 1.54) is 25.0 Å². The van der Waals surface area contributed by atoms with Gasteiger partial charge in [0.15, 0.2) is 5.96 Å². The number of aromatic nitrogens is 2. The number of nitrogens with zero attached hydrogens (tertiary/aromatic N) is 3. The largest absolute Gasteiger partial charge is 0.356 e. The molecule has 1 aromatic heterocycles. The number of hydrogen-bond acceptors (Lipinski definition) is 2. The van der Waals surface area contributed by atoms with Gasteiger partial charge in [-0.15, -0.1) is 0 Å². The van der Waals surface area contributed by atoms with Gasteiger partial charge in [0.1, 0.15) is 0 Å². The molecule has 0 radical (unpaired) electrons. The molecule has 1 fully saturated rings. The predicted octanol–water partition coefficient (Wildman–Crippen LogP) is 2.24. The molecule has 1 heterocycles. The zero-order valence-corrected chi connectivity index (χ0v) is 13.8. The van der Waals surface area contributed by atoms with Gasteiger partial charge in [-0.1, -0.05) is 13.3 Å². The number of aliphatic imine (C=N–C) groups is 1. The second-order valence-corrected chi connectivity index (χ2v) is 6.04. The second kappa shape index (κ2) is 7.48. The van der Waals surface area contributed by atoms with Crippen molar-refractivity contribution in [1.29, 1.82) is 0 Å². The van der Waals surface area contributed by atoms with Crippen LogP contribution in [-0.2, 0) is 6.54 Å². The fraction of sp³-hybridized carbons (Fsp3) is 0.750. The lowest BCUT2D eigenvalue weighted by Crippen LogP contribution is -2.39. The van der Waals surface area contributed by atoms with Gasteiger partial charge < -0.3 is 10.6 Å². The average molecular weight is 291 g/mol. The summed E-state index contributed by atoms with van der Waals surface area (Å²) in [5.74, 6) is 1.79. The summed E-state index contributed by atoms with van der Waals surface area (Å²) < 4.78 is 2.07. The molecule has 1 saturated carbocycles. The number of hydrogen-bond donors (Lipinski definition) is 2. The summed E-state index contributed by atoms with van der Waals surface area (Å²) in [5, 5.41) is 11.4. The maximum absolute atomic E-state index is 4.48. The second-order valence-electron chi connectivity index (χ2n) is 6.04. The van der Waals surface area contributed by atoms with E-state index in [1.807, 2.05) is 14.0 Å². The van der Waals surface area contributed by atoms with Gasteiger partial charge in [0, 0.05) is 31.9 Å². The Morgan fingerprint density at radius 1 is 1.48 bits per heavy atom. The fourth-order valence-corrected chi connectivity index (χ4v) is 2.82. The van der Waals surface area contributed by atoms with Crippen molar-refractivity contribution in [2.75, 3.05) is 13.6 Å². The molecule has 118 valence electrons. The van der Waals surface area contributed by atoms with E-state index in [4.69, 9.17) is 0 Å². The zero-order valence-electron chi connectivity index (χ0n) is 13.8. The van der Waals surface area contributed by atoms with Crippen LogP contribution in [0.4, 0.5) is 0 Å². The smallest absolute Gasteiger partial charge is 0.191 e. The number of guanidine groups is 1. The molecule has 0 aliphatic heterocycles. The third kappa shape index (κ3) is 4.76. The highest BCUT2D eigenvalue weighted by Crippen LogP contribution is 2.34. The van der Waals surface area contributed by atoms with E-state index in [0.717, 1.165) is 37.1 Å². The highest BCUT2D eigenvalue weighted by atomic mass is 15.3. The Kier molecular flexibility index (Phi) is 5.65. The summed E-state index contributed by atoms with van der Waals surface area (Å²) in [6.07, 6.45) is 4.94. The third-order valence-electron chi connectivity index (χ3n) is 4.07. The Morgan fingerprint density at radius 3 is 2.90 bits per heavy atom. The van der Waals surface area contributed by atoms with Crippen molar-refractivity contribution in [3.63, 3.8) is 0 Å². The lowest BCUT2D eigenvalue weighted by molar-refractivity contribution is 0.554. The Morgan fingerprint density at radius 2 is 2.29 bits per heavy atom. The molecule has 21 heavy (non-hydrogen) atoms. The van der Waals surface area contributed by atoms with E-state index >= 15 is 0 Å². The van der Waals surface area contributed by atoms with Crippen LogP contribution in [-0.4, -0.2) is 35.4 Å². The van der Waals surface area contributed by atoms with Crippen LogP contribution in [0, 0.1) is 19.8 Å². The molecule has 0 aromatic carbocycles. The summed E-state index contributed by atoms with van der Waals surface area (Å²) >= 11 is 0. The Hall–Kier alpha value is -1.52. The van der Waals surface area contributed by atoms with Gasteiger partial charge in [0.05, 0.1) is 5.69 Å². The minimum absolute atomic E-state index is 0.632. The van der Waals surface area contributed by atoms with Crippen LogP contribution >= 0.6 is 0 Å². The van der Waals surface area contributed by atoms with Crippen LogP contribution in [0.5, 0.6) is 0 Å². The van der Waals surface area contributed by atoms with Crippen LogP contribution < -0.4 is 10.6 Å². The molecule has 5 nitrogen and oxygen atoms in total. The minimum atomic E-state index is 0.632. The average Bonchev–Trinajstić information content (AvgIpc) is 3.09. The van der Waals surface area contributed by atoms with E-state index in [0.29, 0.717) is 6.04 Å². The molecular weight excluding hydrogens is 262 g/mol. The van der Waals surface area contributed by atoms with E-state index in [9.17, 15) is 0 Å². The lowest BCUT2D eigenvalue weighted by Gasteiger charge is -2.12. The van der Waals surface area contributed by atoms with E-state index in [1.54, 1.807) is 0 Å². The van der Waals surface area contributed by atoms with Gasteiger partial charge in [-0.05, 0) is 45.1 Å². The molecule has 2 atom stereocenters. The highest BCUT2D eigenvalue weighted by Gasteiger charge is 2.36. The van der Waals surface area contributed by atoms with Crippen molar-refractivity contribution in [2.45, 2.75) is 59.0 Å². The van der Waals surface area contributed by atoms with Gasteiger partial charge >= 0.3 is 0 Å². The topological polar surface area (TPSA) is 54.2 Å². The zero-order chi connectivity index (χ0) is 15.2. The molecule has 0 amide bonds. The molecular formula is C16H29N5. The van der Waals surface area contributed by atoms with Gasteiger partial charge in [0.25, 0.3) is 0 Å². The summed E-state index contributed by atoms with van der Waals surface area (Å²) in [5.41, 5.74) is 2.32. The number of rotatable bonds is 7. The molecule has 0 spiro atoms. The van der Waals surface area contributed by atoms with Crippen molar-refractivity contribution in [3.8, 4) is 0 Å². The molecule has 1 aliphatic carbocycles. The van der Waals surface area contributed by atoms with Crippen molar-refractivity contribution < 1.29 is 0 Å². The van der Waals surface area contributed by atoms with Gasteiger partial charge in [-0.2, -0.15) is 5.10 Å². The first-order valence-corrected chi connectivity index (χ1v) is 8.12. The molecule has 2 unspecified atom stereocenters. The third-order valence-corrected chi connectivity index (χ3v) is 4.07. The maximum atomic E-state index is 4.48.